The first kappa shape index (κ1) is 21.4. The average molecular weight is 398 g/mol. The summed E-state index contributed by atoms with van der Waals surface area (Å²) in [7, 11) is 0. The first-order valence-corrected chi connectivity index (χ1v) is 10.1. The molecule has 7 heteroatoms. The van der Waals surface area contributed by atoms with E-state index < -0.39 is 12.0 Å². The molecule has 1 aromatic carbocycles. The fourth-order valence-corrected chi connectivity index (χ4v) is 4.29. The number of aliphatic hydroxyl groups excluding tert-OH is 1. The van der Waals surface area contributed by atoms with Crippen molar-refractivity contribution in [1.29, 1.82) is 0 Å². The summed E-state index contributed by atoms with van der Waals surface area (Å²) in [6.07, 6.45) is -0.568. The van der Waals surface area contributed by atoms with Gasteiger partial charge in [0.1, 0.15) is 18.5 Å². The molecule has 1 aromatic rings. The third kappa shape index (κ3) is 5.63. The van der Waals surface area contributed by atoms with Crippen molar-refractivity contribution < 1.29 is 18.6 Å². The molecule has 0 aliphatic carbocycles. The number of likely N-dealkylation sites (N-methyl/N-ethyl adjacent to an activating group) is 1. The Kier molecular flexibility index (Phi) is 6.59. The Hall–Kier alpha value is -1.28. The fraction of sp³-hybridized carbons (Fsp3) is 0.714. The molecule has 0 aromatic heterocycles. The quantitative estimate of drug-likeness (QED) is 0.729. The van der Waals surface area contributed by atoms with Crippen LogP contribution in [0, 0.1) is 0 Å². The maximum Gasteiger partial charge on any atom is 0.272 e. The molecule has 2 fully saturated rings. The molecule has 0 saturated carbocycles. The van der Waals surface area contributed by atoms with E-state index in [1.54, 1.807) is 4.90 Å². The van der Waals surface area contributed by atoms with E-state index in [4.69, 9.17) is 4.74 Å². The van der Waals surface area contributed by atoms with Crippen LogP contribution in [0.15, 0.2) is 24.3 Å². The van der Waals surface area contributed by atoms with Gasteiger partial charge in [-0.2, -0.15) is 0 Å². The van der Waals surface area contributed by atoms with E-state index in [0.29, 0.717) is 18.8 Å². The molecule has 2 aliphatic rings. The van der Waals surface area contributed by atoms with E-state index in [-0.39, 0.29) is 25.2 Å². The molecule has 0 amide bonds. The highest BCUT2D eigenvalue weighted by atomic mass is 19.3. The van der Waals surface area contributed by atoms with Crippen LogP contribution in [0.3, 0.4) is 0 Å². The van der Waals surface area contributed by atoms with E-state index >= 15 is 0 Å². The van der Waals surface area contributed by atoms with Crippen LogP contribution >= 0.6 is 0 Å². The van der Waals surface area contributed by atoms with Crippen molar-refractivity contribution in [3.8, 4) is 5.75 Å². The number of nitrogens with zero attached hydrogens (tertiary/aromatic N) is 3. The van der Waals surface area contributed by atoms with E-state index in [1.807, 2.05) is 24.3 Å². The number of halogens is 2. The third-order valence-corrected chi connectivity index (χ3v) is 5.66. The highest BCUT2D eigenvalue weighted by Gasteiger charge is 2.43. The number of benzene rings is 1. The molecule has 1 unspecified atom stereocenters. The van der Waals surface area contributed by atoms with Gasteiger partial charge >= 0.3 is 0 Å². The molecule has 0 bridgehead atoms. The summed E-state index contributed by atoms with van der Waals surface area (Å²) in [6.45, 7) is 11.5. The Morgan fingerprint density at radius 3 is 2.54 bits per heavy atom. The lowest BCUT2D eigenvalue weighted by Gasteiger charge is -2.47. The van der Waals surface area contributed by atoms with Gasteiger partial charge in [0.05, 0.1) is 13.1 Å². The summed E-state index contributed by atoms with van der Waals surface area (Å²) in [5, 5.41) is 10.4. The predicted molar refractivity (Wildman–Crippen MR) is 106 cm³/mol. The van der Waals surface area contributed by atoms with Crippen molar-refractivity contribution in [2.45, 2.75) is 44.9 Å². The molecule has 1 N–H and O–H groups in total. The molecule has 0 radical (unpaired) electrons. The summed E-state index contributed by atoms with van der Waals surface area (Å²) >= 11 is 0. The summed E-state index contributed by atoms with van der Waals surface area (Å²) in [5.41, 5.74) is 1.05. The van der Waals surface area contributed by atoms with Crippen LogP contribution in [0.2, 0.25) is 0 Å². The largest absolute Gasteiger partial charge is 0.491 e. The standard InChI is InChI=1S/C21H33F2N3O2/c1-4-26-9-8-24(14-20(26,2)3)12-18(27)13-28-19-7-5-6-17(10-19)11-25-15-21(22,23)16-25/h5-7,10,18,27H,4,8-9,11-16H2,1-3H3. The van der Waals surface area contributed by atoms with Crippen LogP contribution in [-0.4, -0.2) is 89.8 Å². The predicted octanol–water partition coefficient (Wildman–Crippen LogP) is 2.29. The zero-order chi connectivity index (χ0) is 20.4. The minimum absolute atomic E-state index is 0.107. The fourth-order valence-electron chi connectivity index (χ4n) is 4.29. The summed E-state index contributed by atoms with van der Waals surface area (Å²) in [5.74, 6) is -1.88. The molecule has 158 valence electrons. The van der Waals surface area contributed by atoms with E-state index in [0.717, 1.165) is 31.7 Å². The van der Waals surface area contributed by atoms with Crippen molar-refractivity contribution in [2.24, 2.45) is 0 Å². The first-order chi connectivity index (χ1) is 13.2. The van der Waals surface area contributed by atoms with Crippen LogP contribution in [0.1, 0.15) is 26.3 Å². The van der Waals surface area contributed by atoms with Crippen LogP contribution in [0.4, 0.5) is 8.78 Å². The lowest BCUT2D eigenvalue weighted by atomic mass is 9.98. The van der Waals surface area contributed by atoms with Gasteiger partial charge in [-0.15, -0.1) is 0 Å². The van der Waals surface area contributed by atoms with Crippen LogP contribution in [0.25, 0.3) is 0 Å². The van der Waals surface area contributed by atoms with Crippen molar-refractivity contribution in [2.75, 3.05) is 52.4 Å². The van der Waals surface area contributed by atoms with Crippen molar-refractivity contribution in [3.63, 3.8) is 0 Å². The van der Waals surface area contributed by atoms with E-state index in [1.165, 1.54) is 0 Å². The maximum absolute atomic E-state index is 13.0. The Labute approximate surface area is 166 Å². The number of hydrogen-bond acceptors (Lipinski definition) is 5. The van der Waals surface area contributed by atoms with Gasteiger partial charge < -0.3 is 9.84 Å². The lowest BCUT2D eigenvalue weighted by molar-refractivity contribution is -0.133. The summed E-state index contributed by atoms with van der Waals surface area (Å²) in [4.78, 5) is 6.47. The highest BCUT2D eigenvalue weighted by molar-refractivity contribution is 5.28. The molecule has 2 heterocycles. The topological polar surface area (TPSA) is 39.2 Å². The second kappa shape index (κ2) is 8.61. The van der Waals surface area contributed by atoms with E-state index in [2.05, 4.69) is 30.6 Å². The van der Waals surface area contributed by atoms with Crippen molar-refractivity contribution >= 4 is 0 Å². The number of ether oxygens (including phenoxy) is 1. The first-order valence-electron chi connectivity index (χ1n) is 10.1. The highest BCUT2D eigenvalue weighted by Crippen LogP contribution is 2.28. The second-order valence-electron chi connectivity index (χ2n) is 8.74. The zero-order valence-electron chi connectivity index (χ0n) is 17.2. The second-order valence-corrected chi connectivity index (χ2v) is 8.74. The molecule has 5 nitrogen and oxygen atoms in total. The average Bonchev–Trinajstić information content (AvgIpc) is 2.58. The number of alkyl halides is 2. The molecular formula is C21H33F2N3O2. The minimum Gasteiger partial charge on any atom is -0.491 e. The summed E-state index contributed by atoms with van der Waals surface area (Å²) < 4.78 is 31.7. The van der Waals surface area contributed by atoms with Gasteiger partial charge in [-0.25, -0.2) is 8.78 Å². The van der Waals surface area contributed by atoms with Gasteiger partial charge in [0, 0.05) is 38.3 Å². The normalized spacial score (nSPS) is 23.9. The van der Waals surface area contributed by atoms with Crippen LogP contribution < -0.4 is 4.74 Å². The number of likely N-dealkylation sites (tertiary alicyclic amines) is 1. The number of β-amino-alcohol motifs (C(OH)–C–C–N with tert-alkyl or cyclic N) is 1. The molecule has 3 rings (SSSR count). The van der Waals surface area contributed by atoms with Gasteiger partial charge in [-0.05, 0) is 38.1 Å². The van der Waals surface area contributed by atoms with Gasteiger partial charge in [0.15, 0.2) is 0 Å². The Morgan fingerprint density at radius 2 is 1.89 bits per heavy atom. The van der Waals surface area contributed by atoms with Gasteiger partial charge in [-0.3, -0.25) is 14.7 Å². The van der Waals surface area contributed by atoms with Gasteiger partial charge in [0.25, 0.3) is 5.92 Å². The molecule has 28 heavy (non-hydrogen) atoms. The van der Waals surface area contributed by atoms with Gasteiger partial charge in [-0.1, -0.05) is 19.1 Å². The number of hydrogen-bond donors (Lipinski definition) is 1. The number of piperazine rings is 1. The minimum atomic E-state index is -2.55. The zero-order valence-corrected chi connectivity index (χ0v) is 17.2. The molecule has 2 aliphatic heterocycles. The monoisotopic (exact) mass is 397 g/mol. The maximum atomic E-state index is 13.0. The molecule has 1 atom stereocenters. The van der Waals surface area contributed by atoms with Crippen LogP contribution in [0.5, 0.6) is 5.75 Å². The SMILES string of the molecule is CCN1CCN(CC(O)COc2cccc(CN3CC(F)(F)C3)c2)CC1(C)C. The van der Waals surface area contributed by atoms with Gasteiger partial charge in [0.2, 0.25) is 0 Å². The number of aliphatic hydroxyl groups is 1. The smallest absolute Gasteiger partial charge is 0.272 e. The third-order valence-electron chi connectivity index (χ3n) is 5.66. The van der Waals surface area contributed by atoms with Crippen molar-refractivity contribution in [3.05, 3.63) is 29.8 Å². The van der Waals surface area contributed by atoms with E-state index in [9.17, 15) is 13.9 Å². The number of rotatable bonds is 8. The Balaban J connectivity index is 1.43. The molecular weight excluding hydrogens is 364 g/mol. The Bertz CT molecular complexity index is 648. The Morgan fingerprint density at radius 1 is 1.14 bits per heavy atom. The molecule has 0 spiro atoms. The lowest BCUT2D eigenvalue weighted by Crippen LogP contribution is -2.60. The molecule has 2 saturated heterocycles. The van der Waals surface area contributed by atoms with Crippen molar-refractivity contribution in [1.82, 2.24) is 14.7 Å². The summed E-state index contributed by atoms with van der Waals surface area (Å²) in [6, 6.07) is 7.48. The van der Waals surface area contributed by atoms with Crippen LogP contribution in [-0.2, 0) is 6.54 Å².